The fraction of sp³-hybridized carbons (Fsp3) is 0.182. The van der Waals surface area contributed by atoms with Crippen LogP contribution >= 0.6 is 0 Å². The number of hydrogen-bond acceptors (Lipinski definition) is 5. The van der Waals surface area contributed by atoms with Gasteiger partial charge in [-0.2, -0.15) is 5.10 Å². The Morgan fingerprint density at radius 3 is 2.66 bits per heavy atom. The first kappa shape index (κ1) is 18.7. The van der Waals surface area contributed by atoms with Crippen molar-refractivity contribution in [2.24, 2.45) is 5.10 Å². The van der Waals surface area contributed by atoms with Gasteiger partial charge < -0.3 is 13.9 Å². The zero-order valence-electron chi connectivity index (χ0n) is 15.7. The smallest absolute Gasteiger partial charge is 0.281 e. The predicted molar refractivity (Wildman–Crippen MR) is 104 cm³/mol. The number of hydrazone groups is 1. The summed E-state index contributed by atoms with van der Waals surface area (Å²) in [6.07, 6.45) is 2.05. The maximum Gasteiger partial charge on any atom is 0.281 e. The lowest BCUT2D eigenvalue weighted by molar-refractivity contribution is -0.135. The SMILES string of the molecule is COc1ccc(C2=NN(C(=O)COc3ccccc3F)[C@@H](c3ccco3)C2)cc1. The van der Waals surface area contributed by atoms with Crippen LogP contribution in [-0.2, 0) is 4.79 Å². The minimum Gasteiger partial charge on any atom is -0.497 e. The summed E-state index contributed by atoms with van der Waals surface area (Å²) < 4.78 is 29.8. The standard InChI is InChI=1S/C22H19FN2O4/c1-27-16-10-8-15(9-11-16)18-13-19(21-7-4-12-28-21)25(24-18)22(26)14-29-20-6-3-2-5-17(20)23/h2-12,19H,13-14H2,1H3/t19-/m1/s1. The first-order valence-corrected chi connectivity index (χ1v) is 9.10. The van der Waals surface area contributed by atoms with E-state index < -0.39 is 11.7 Å². The molecule has 0 saturated carbocycles. The molecular formula is C22H19FN2O4. The average Bonchev–Trinajstić information content (AvgIpc) is 3.43. The van der Waals surface area contributed by atoms with E-state index in [1.807, 2.05) is 24.3 Å². The van der Waals surface area contributed by atoms with Crippen molar-refractivity contribution in [2.75, 3.05) is 13.7 Å². The van der Waals surface area contributed by atoms with E-state index in [4.69, 9.17) is 13.9 Å². The highest BCUT2D eigenvalue weighted by Crippen LogP contribution is 2.33. The van der Waals surface area contributed by atoms with E-state index >= 15 is 0 Å². The Morgan fingerprint density at radius 1 is 1.17 bits per heavy atom. The van der Waals surface area contributed by atoms with E-state index in [-0.39, 0.29) is 18.4 Å². The Morgan fingerprint density at radius 2 is 1.97 bits per heavy atom. The maximum absolute atomic E-state index is 13.8. The number of nitrogens with zero attached hydrogens (tertiary/aromatic N) is 2. The van der Waals surface area contributed by atoms with Crippen LogP contribution in [0.3, 0.4) is 0 Å². The molecule has 1 aromatic heterocycles. The molecule has 2 aromatic carbocycles. The molecule has 148 valence electrons. The molecule has 1 atom stereocenters. The number of carbonyl (C=O) groups is 1. The lowest BCUT2D eigenvalue weighted by Crippen LogP contribution is -2.31. The lowest BCUT2D eigenvalue weighted by atomic mass is 10.0. The highest BCUT2D eigenvalue weighted by atomic mass is 19.1. The summed E-state index contributed by atoms with van der Waals surface area (Å²) in [4.78, 5) is 12.8. The van der Waals surface area contributed by atoms with E-state index in [1.165, 1.54) is 17.1 Å². The molecule has 0 bridgehead atoms. The number of rotatable bonds is 6. The third kappa shape index (κ3) is 3.99. The fourth-order valence-electron chi connectivity index (χ4n) is 3.17. The topological polar surface area (TPSA) is 64.3 Å². The molecule has 1 amide bonds. The van der Waals surface area contributed by atoms with Gasteiger partial charge in [-0.1, -0.05) is 12.1 Å². The monoisotopic (exact) mass is 394 g/mol. The Balaban J connectivity index is 1.55. The minimum atomic E-state index is -0.522. The number of ether oxygens (including phenoxy) is 2. The van der Waals surface area contributed by atoms with E-state index in [0.717, 1.165) is 17.0 Å². The van der Waals surface area contributed by atoms with Crippen LogP contribution in [0.15, 0.2) is 76.4 Å². The summed E-state index contributed by atoms with van der Waals surface area (Å²) >= 11 is 0. The van der Waals surface area contributed by atoms with Crippen molar-refractivity contribution in [1.82, 2.24) is 5.01 Å². The van der Waals surface area contributed by atoms with Crippen molar-refractivity contribution in [1.29, 1.82) is 0 Å². The molecular weight excluding hydrogens is 375 g/mol. The van der Waals surface area contributed by atoms with Gasteiger partial charge in [0.2, 0.25) is 0 Å². The van der Waals surface area contributed by atoms with Gasteiger partial charge in [0.1, 0.15) is 17.6 Å². The summed E-state index contributed by atoms with van der Waals surface area (Å²) in [6, 6.07) is 16.6. The molecule has 4 rings (SSSR count). The number of para-hydroxylation sites is 1. The van der Waals surface area contributed by atoms with Crippen molar-refractivity contribution in [3.8, 4) is 11.5 Å². The number of methoxy groups -OCH3 is 1. The molecule has 0 aliphatic carbocycles. The van der Waals surface area contributed by atoms with Gasteiger partial charge in [-0.05, 0) is 54.1 Å². The molecule has 1 aliphatic rings. The molecule has 0 spiro atoms. The number of hydrogen-bond donors (Lipinski definition) is 0. The zero-order valence-corrected chi connectivity index (χ0v) is 15.7. The molecule has 29 heavy (non-hydrogen) atoms. The Bertz CT molecular complexity index is 1020. The number of halogens is 1. The van der Waals surface area contributed by atoms with Crippen LogP contribution in [0.4, 0.5) is 4.39 Å². The molecule has 0 N–H and O–H groups in total. The predicted octanol–water partition coefficient (Wildman–Crippen LogP) is 4.18. The van der Waals surface area contributed by atoms with Crippen molar-refractivity contribution in [2.45, 2.75) is 12.5 Å². The van der Waals surface area contributed by atoms with Crippen LogP contribution in [0.25, 0.3) is 0 Å². The molecule has 6 nitrogen and oxygen atoms in total. The van der Waals surface area contributed by atoms with Gasteiger partial charge in [-0.15, -0.1) is 0 Å². The fourth-order valence-corrected chi connectivity index (χ4v) is 3.17. The summed E-state index contributed by atoms with van der Waals surface area (Å²) in [5.41, 5.74) is 1.63. The summed E-state index contributed by atoms with van der Waals surface area (Å²) in [7, 11) is 1.60. The minimum absolute atomic E-state index is 0.0222. The molecule has 1 aliphatic heterocycles. The second-order valence-electron chi connectivity index (χ2n) is 6.47. The highest BCUT2D eigenvalue weighted by molar-refractivity contribution is 6.03. The Kier molecular flexibility index (Phi) is 5.29. The first-order valence-electron chi connectivity index (χ1n) is 9.10. The molecule has 2 heterocycles. The van der Waals surface area contributed by atoms with Crippen LogP contribution in [0.2, 0.25) is 0 Å². The van der Waals surface area contributed by atoms with E-state index in [9.17, 15) is 9.18 Å². The van der Waals surface area contributed by atoms with Gasteiger partial charge in [0.05, 0.1) is 19.1 Å². The Labute approximate surface area is 167 Å². The third-order valence-corrected chi connectivity index (χ3v) is 4.65. The summed E-state index contributed by atoms with van der Waals surface area (Å²) in [6.45, 7) is -0.336. The first-order chi connectivity index (χ1) is 14.2. The van der Waals surface area contributed by atoms with E-state index in [2.05, 4.69) is 5.10 Å². The normalized spacial score (nSPS) is 15.9. The second kappa shape index (κ2) is 8.18. The molecule has 0 fully saturated rings. The van der Waals surface area contributed by atoms with Gasteiger partial charge in [0.25, 0.3) is 5.91 Å². The molecule has 0 saturated heterocycles. The van der Waals surface area contributed by atoms with Crippen molar-refractivity contribution < 1.29 is 23.1 Å². The van der Waals surface area contributed by atoms with Gasteiger partial charge in [-0.3, -0.25) is 4.79 Å². The van der Waals surface area contributed by atoms with Crippen LogP contribution in [0, 0.1) is 5.82 Å². The van der Waals surface area contributed by atoms with E-state index in [0.29, 0.717) is 12.2 Å². The number of carbonyl (C=O) groups excluding carboxylic acids is 1. The van der Waals surface area contributed by atoms with Crippen LogP contribution in [0.5, 0.6) is 11.5 Å². The molecule has 0 unspecified atom stereocenters. The van der Waals surface area contributed by atoms with Crippen LogP contribution < -0.4 is 9.47 Å². The number of furan rings is 1. The van der Waals surface area contributed by atoms with Crippen molar-refractivity contribution >= 4 is 11.6 Å². The number of amides is 1. The largest absolute Gasteiger partial charge is 0.497 e. The van der Waals surface area contributed by atoms with Gasteiger partial charge >= 0.3 is 0 Å². The second-order valence-corrected chi connectivity index (χ2v) is 6.47. The van der Waals surface area contributed by atoms with Crippen LogP contribution in [-0.4, -0.2) is 30.3 Å². The van der Waals surface area contributed by atoms with Gasteiger partial charge in [-0.25, -0.2) is 9.40 Å². The molecule has 3 aromatic rings. The average molecular weight is 394 g/mol. The van der Waals surface area contributed by atoms with Gasteiger partial charge in [0.15, 0.2) is 18.2 Å². The molecule has 7 heteroatoms. The van der Waals surface area contributed by atoms with Crippen molar-refractivity contribution in [3.05, 3.63) is 84.1 Å². The van der Waals surface area contributed by atoms with Crippen molar-refractivity contribution in [3.63, 3.8) is 0 Å². The quantitative estimate of drug-likeness (QED) is 0.629. The van der Waals surface area contributed by atoms with E-state index in [1.54, 1.807) is 37.6 Å². The summed E-state index contributed by atoms with van der Waals surface area (Å²) in [5, 5.41) is 5.86. The van der Waals surface area contributed by atoms with Crippen LogP contribution in [0.1, 0.15) is 23.8 Å². The van der Waals surface area contributed by atoms with Gasteiger partial charge in [0, 0.05) is 6.42 Å². The maximum atomic E-state index is 13.8. The lowest BCUT2D eigenvalue weighted by Gasteiger charge is -2.20. The molecule has 0 radical (unpaired) electrons. The third-order valence-electron chi connectivity index (χ3n) is 4.65. The Hall–Kier alpha value is -3.61. The zero-order chi connectivity index (χ0) is 20.2. The summed E-state index contributed by atoms with van der Waals surface area (Å²) in [5.74, 6) is 0.469. The highest BCUT2D eigenvalue weighted by Gasteiger charge is 2.35. The number of benzene rings is 2.